The summed E-state index contributed by atoms with van der Waals surface area (Å²) < 4.78 is 11.0. The summed E-state index contributed by atoms with van der Waals surface area (Å²) in [5, 5.41) is 2.10. The highest BCUT2D eigenvalue weighted by molar-refractivity contribution is 7.10. The molecule has 0 spiro atoms. The molecule has 2 unspecified atom stereocenters. The van der Waals surface area contributed by atoms with E-state index in [1.54, 1.807) is 34.4 Å². The van der Waals surface area contributed by atoms with Crippen molar-refractivity contribution >= 4 is 23.2 Å². The molecule has 1 aliphatic heterocycles. The van der Waals surface area contributed by atoms with Gasteiger partial charge in [-0.1, -0.05) is 37.3 Å². The molecular formula is C29H34N2O4S. The van der Waals surface area contributed by atoms with Crippen molar-refractivity contribution < 1.29 is 19.1 Å². The molecule has 36 heavy (non-hydrogen) atoms. The lowest BCUT2D eigenvalue weighted by atomic mass is 9.90. The van der Waals surface area contributed by atoms with E-state index in [4.69, 9.17) is 9.47 Å². The molecule has 0 N–H and O–H groups in total. The van der Waals surface area contributed by atoms with E-state index in [1.165, 1.54) is 24.7 Å². The molecule has 2 heterocycles. The van der Waals surface area contributed by atoms with Gasteiger partial charge in [0, 0.05) is 17.5 Å². The predicted molar refractivity (Wildman–Crippen MR) is 143 cm³/mol. The number of carbonyl (C=O) groups is 2. The van der Waals surface area contributed by atoms with E-state index in [0.717, 1.165) is 17.5 Å². The van der Waals surface area contributed by atoms with Gasteiger partial charge in [0.2, 0.25) is 5.91 Å². The summed E-state index contributed by atoms with van der Waals surface area (Å²) in [6, 6.07) is 15.3. The van der Waals surface area contributed by atoms with Crippen molar-refractivity contribution in [1.82, 2.24) is 9.80 Å². The van der Waals surface area contributed by atoms with Gasteiger partial charge >= 0.3 is 0 Å². The second kappa shape index (κ2) is 11.2. The fourth-order valence-electron chi connectivity index (χ4n) is 4.90. The quantitative estimate of drug-likeness (QED) is 0.405. The van der Waals surface area contributed by atoms with E-state index in [9.17, 15) is 9.59 Å². The van der Waals surface area contributed by atoms with Crippen LogP contribution in [0.4, 0.5) is 0 Å². The zero-order valence-corrected chi connectivity index (χ0v) is 22.4. The van der Waals surface area contributed by atoms with Crippen LogP contribution in [0.2, 0.25) is 0 Å². The van der Waals surface area contributed by atoms with Crippen molar-refractivity contribution in [3.8, 4) is 11.5 Å². The van der Waals surface area contributed by atoms with Crippen molar-refractivity contribution in [1.29, 1.82) is 0 Å². The first-order valence-corrected chi connectivity index (χ1v) is 13.2. The van der Waals surface area contributed by atoms with E-state index >= 15 is 0 Å². The highest BCUT2D eigenvalue weighted by Crippen LogP contribution is 2.39. The van der Waals surface area contributed by atoms with Gasteiger partial charge in [-0.3, -0.25) is 9.59 Å². The fraction of sp³-hybridized carbons (Fsp3) is 0.379. The molecule has 0 aliphatic carbocycles. The number of ether oxygens (including phenoxy) is 2. The molecule has 4 rings (SSSR count). The van der Waals surface area contributed by atoms with E-state index in [2.05, 4.69) is 30.5 Å². The number of methoxy groups -OCH3 is 2. The zero-order chi connectivity index (χ0) is 25.8. The number of carbonyl (C=O) groups excluding carboxylic acids is 2. The Balaban J connectivity index is 1.70. The molecule has 1 aliphatic rings. The fourth-order valence-corrected chi connectivity index (χ4v) is 5.81. The van der Waals surface area contributed by atoms with E-state index in [1.807, 2.05) is 30.9 Å². The molecule has 0 saturated heterocycles. The van der Waals surface area contributed by atoms with Gasteiger partial charge in [-0.15, -0.1) is 11.3 Å². The standard InChI is InChI=1S/C29H34N2O4S/c1-6-20(3)31(29(33)27-23(34-4)12-9-13-24(27)35-5)18-26(32)30-16-14-25-22(15-17-36-25)28(30)21-11-8-7-10-19(21)2/h7-13,15,17,20,28H,6,14,16,18H2,1-5H3. The number of nitrogens with zero attached hydrogens (tertiary/aromatic N) is 2. The number of amides is 2. The maximum Gasteiger partial charge on any atom is 0.262 e. The molecule has 2 amide bonds. The minimum Gasteiger partial charge on any atom is -0.496 e. The first-order valence-electron chi connectivity index (χ1n) is 12.3. The van der Waals surface area contributed by atoms with Crippen LogP contribution in [0.25, 0.3) is 0 Å². The van der Waals surface area contributed by atoms with Gasteiger partial charge in [0.15, 0.2) is 0 Å². The van der Waals surface area contributed by atoms with Crippen molar-refractivity contribution in [3.63, 3.8) is 0 Å². The average Bonchev–Trinajstić information content (AvgIpc) is 3.39. The van der Waals surface area contributed by atoms with Crippen molar-refractivity contribution in [2.45, 2.75) is 45.7 Å². The van der Waals surface area contributed by atoms with Gasteiger partial charge in [-0.25, -0.2) is 0 Å². The average molecular weight is 507 g/mol. The summed E-state index contributed by atoms with van der Waals surface area (Å²) in [6.45, 7) is 6.67. The number of benzene rings is 2. The van der Waals surface area contributed by atoms with Crippen LogP contribution < -0.4 is 9.47 Å². The molecule has 3 aromatic rings. The lowest BCUT2D eigenvalue weighted by Gasteiger charge is -2.39. The number of fused-ring (bicyclic) bond motifs is 1. The topological polar surface area (TPSA) is 59.1 Å². The second-order valence-electron chi connectivity index (χ2n) is 9.12. The van der Waals surface area contributed by atoms with Gasteiger partial charge in [-0.2, -0.15) is 0 Å². The number of thiophene rings is 1. The first-order chi connectivity index (χ1) is 17.4. The van der Waals surface area contributed by atoms with Crippen LogP contribution in [0, 0.1) is 6.92 Å². The Morgan fingerprint density at radius 3 is 2.39 bits per heavy atom. The smallest absolute Gasteiger partial charge is 0.262 e. The summed E-state index contributed by atoms with van der Waals surface area (Å²) in [6.07, 6.45) is 1.53. The van der Waals surface area contributed by atoms with Crippen LogP contribution in [0.3, 0.4) is 0 Å². The van der Waals surface area contributed by atoms with Gasteiger partial charge in [0.05, 0.1) is 20.3 Å². The largest absolute Gasteiger partial charge is 0.496 e. The lowest BCUT2D eigenvalue weighted by molar-refractivity contribution is -0.134. The Morgan fingerprint density at radius 1 is 1.06 bits per heavy atom. The van der Waals surface area contributed by atoms with E-state index < -0.39 is 0 Å². The maximum atomic E-state index is 14.0. The zero-order valence-electron chi connectivity index (χ0n) is 21.6. The summed E-state index contributed by atoms with van der Waals surface area (Å²) >= 11 is 1.75. The Hall–Kier alpha value is -3.32. The van der Waals surface area contributed by atoms with Gasteiger partial charge in [0.1, 0.15) is 23.6 Å². The van der Waals surface area contributed by atoms with Crippen LogP contribution in [0.15, 0.2) is 53.9 Å². The van der Waals surface area contributed by atoms with Crippen LogP contribution in [0.5, 0.6) is 11.5 Å². The molecule has 0 saturated carbocycles. The molecule has 0 fully saturated rings. The molecule has 7 heteroatoms. The van der Waals surface area contributed by atoms with Crippen LogP contribution in [-0.4, -0.2) is 55.0 Å². The molecule has 1 aromatic heterocycles. The van der Waals surface area contributed by atoms with Gasteiger partial charge < -0.3 is 19.3 Å². The highest BCUT2D eigenvalue weighted by Gasteiger charge is 2.36. The third kappa shape index (κ3) is 4.85. The third-order valence-corrected chi connectivity index (χ3v) is 8.10. The Kier molecular flexibility index (Phi) is 7.99. The molecule has 0 bridgehead atoms. The highest BCUT2D eigenvalue weighted by atomic mass is 32.1. The Bertz CT molecular complexity index is 1220. The summed E-state index contributed by atoms with van der Waals surface area (Å²) in [7, 11) is 3.06. The van der Waals surface area contributed by atoms with Crippen molar-refractivity contribution in [2.75, 3.05) is 27.3 Å². The molecule has 6 nitrogen and oxygen atoms in total. The van der Waals surface area contributed by atoms with Gasteiger partial charge in [-0.05, 0) is 67.0 Å². The lowest BCUT2D eigenvalue weighted by Crippen LogP contribution is -2.49. The predicted octanol–water partition coefficient (Wildman–Crippen LogP) is 5.49. The molecular weight excluding hydrogens is 472 g/mol. The first kappa shape index (κ1) is 25.8. The molecule has 0 radical (unpaired) electrons. The number of rotatable bonds is 8. The normalized spacial score (nSPS) is 15.7. The Labute approximate surface area is 217 Å². The van der Waals surface area contributed by atoms with Gasteiger partial charge in [0.25, 0.3) is 5.91 Å². The minimum atomic E-state index is -0.271. The van der Waals surface area contributed by atoms with E-state index in [-0.39, 0.29) is 30.4 Å². The number of hydrogen-bond donors (Lipinski definition) is 0. The summed E-state index contributed by atoms with van der Waals surface area (Å²) in [5.74, 6) is 0.521. The summed E-state index contributed by atoms with van der Waals surface area (Å²) in [4.78, 5) is 32.8. The maximum absolute atomic E-state index is 14.0. The van der Waals surface area contributed by atoms with Crippen molar-refractivity contribution in [3.05, 3.63) is 81.0 Å². The third-order valence-electron chi connectivity index (χ3n) is 7.10. The molecule has 2 atom stereocenters. The van der Waals surface area contributed by atoms with E-state index in [0.29, 0.717) is 30.0 Å². The monoisotopic (exact) mass is 506 g/mol. The number of aryl methyl sites for hydroxylation is 1. The Morgan fingerprint density at radius 2 is 1.75 bits per heavy atom. The SMILES string of the molecule is CCC(C)N(CC(=O)N1CCc2sccc2C1c1ccccc1C)C(=O)c1c(OC)cccc1OC. The molecule has 190 valence electrons. The van der Waals surface area contributed by atoms with Crippen molar-refractivity contribution in [2.24, 2.45) is 0 Å². The summed E-state index contributed by atoms with van der Waals surface area (Å²) in [5.41, 5.74) is 3.79. The van der Waals surface area contributed by atoms with Crippen LogP contribution in [-0.2, 0) is 11.2 Å². The molecule has 2 aromatic carbocycles. The second-order valence-corrected chi connectivity index (χ2v) is 10.1. The number of hydrogen-bond acceptors (Lipinski definition) is 5. The van der Waals surface area contributed by atoms with Crippen LogP contribution >= 0.6 is 11.3 Å². The van der Waals surface area contributed by atoms with Crippen LogP contribution in [0.1, 0.15) is 58.2 Å². The minimum absolute atomic E-state index is 0.0170.